The van der Waals surface area contributed by atoms with E-state index in [-0.39, 0.29) is 41.3 Å². The number of aliphatic hydroxyl groups excluding tert-OH is 2. The van der Waals surface area contributed by atoms with E-state index in [1.54, 1.807) is 103 Å². The fraction of sp³-hybridized carbons (Fsp3) is 0.481. The van der Waals surface area contributed by atoms with Crippen LogP contribution in [0.1, 0.15) is 86.7 Å². The Morgan fingerprint density at radius 2 is 1.36 bits per heavy atom. The fourth-order valence-electron chi connectivity index (χ4n) is 11.0. The Kier molecular flexibility index (Phi) is 14.5. The Hall–Kier alpha value is -6.47. The number of carbonyl (C=O) groups excluding carboxylic acids is 7. The summed E-state index contributed by atoms with van der Waals surface area (Å²) in [5.74, 6) is -6.84. The molecule has 2 bridgehead atoms. The van der Waals surface area contributed by atoms with E-state index in [2.05, 4.69) is 5.32 Å². The molecule has 5 aliphatic rings. The molecule has 374 valence electrons. The zero-order valence-corrected chi connectivity index (χ0v) is 40.4. The van der Waals surface area contributed by atoms with Gasteiger partial charge in [0, 0.05) is 64.9 Å². The van der Waals surface area contributed by atoms with Gasteiger partial charge in [0.15, 0.2) is 23.6 Å². The molecular weight excluding hydrogens is 907 g/mol. The van der Waals surface area contributed by atoms with Crippen molar-refractivity contribution >= 4 is 41.6 Å². The van der Waals surface area contributed by atoms with Crippen molar-refractivity contribution in [3.05, 3.63) is 119 Å². The number of carbonyl (C=O) groups is 7. The van der Waals surface area contributed by atoms with Crippen LogP contribution in [0.4, 0.5) is 4.79 Å². The Labute approximate surface area is 405 Å². The Morgan fingerprint density at radius 1 is 0.800 bits per heavy atom. The molecule has 0 spiro atoms. The Balaban J connectivity index is 0.000000820. The molecule has 3 aliphatic carbocycles. The number of esters is 4. The Bertz CT molecular complexity index is 2530. The number of likely N-dealkylation sites (N-methyl/N-ethyl adjacent to an activating group) is 2. The standard InChI is InChI=1S/C47H51NO14.C5H10N2O/c1-25-31(60-43(56)36(52)35(28-16-10-7-11-17-28)48-41(54)29-18-12-8-13-19-29)23-47(57)40(61-42(55)30-20-14-9-15-21-30)38-45(6,32(51)22-33-46(38,24-58-33)62-27(3)50)39(53)37(59-26(2)49)34(25)44(47,4)5;1-6-3-4-7(2)5(6)8/h7-21,31-33,35-38,40,51-52,57H,22-24H2,1-6H3,(H,48,54);3-4H2,1-2H3/t31-,32-,33+,35-,36+,37+,38?,40-,45+,46-,47+;/m0./s1. The summed E-state index contributed by atoms with van der Waals surface area (Å²) in [5.41, 5.74) is -7.02. The van der Waals surface area contributed by atoms with Crippen LogP contribution in [0.15, 0.2) is 102 Å². The molecule has 2 saturated heterocycles. The third kappa shape index (κ3) is 9.08. The average molecular weight is 968 g/mol. The van der Waals surface area contributed by atoms with Crippen LogP contribution in [-0.4, -0.2) is 148 Å². The molecule has 0 radical (unpaired) electrons. The topological polar surface area (TPSA) is 245 Å². The van der Waals surface area contributed by atoms with Crippen molar-refractivity contribution in [2.24, 2.45) is 16.7 Å². The fourth-order valence-corrected chi connectivity index (χ4v) is 11.0. The number of hydrogen-bond acceptors (Lipinski definition) is 15. The van der Waals surface area contributed by atoms with E-state index in [1.807, 2.05) is 14.1 Å². The van der Waals surface area contributed by atoms with E-state index < -0.39 is 113 Å². The first-order valence-electron chi connectivity index (χ1n) is 23.2. The van der Waals surface area contributed by atoms with Crippen LogP contribution in [0, 0.1) is 16.7 Å². The number of aliphatic hydroxyl groups is 3. The molecule has 3 amide bonds. The predicted molar refractivity (Wildman–Crippen MR) is 248 cm³/mol. The van der Waals surface area contributed by atoms with Crippen molar-refractivity contribution in [2.75, 3.05) is 33.8 Å². The van der Waals surface area contributed by atoms with Gasteiger partial charge in [-0.3, -0.25) is 19.2 Å². The summed E-state index contributed by atoms with van der Waals surface area (Å²) in [6.07, 6.45) is -10.5. The number of rotatable bonds is 10. The lowest BCUT2D eigenvalue weighted by atomic mass is 9.44. The van der Waals surface area contributed by atoms with Gasteiger partial charge in [-0.15, -0.1) is 0 Å². The molecule has 4 fully saturated rings. The number of ketones is 1. The lowest BCUT2D eigenvalue weighted by Gasteiger charge is -2.67. The molecule has 2 saturated carbocycles. The van der Waals surface area contributed by atoms with Gasteiger partial charge in [-0.25, -0.2) is 14.4 Å². The van der Waals surface area contributed by atoms with Crippen LogP contribution >= 0.6 is 0 Å². The number of fused-ring (bicyclic) bond motifs is 5. The maximum atomic E-state index is 15.5. The smallest absolute Gasteiger partial charge is 0.338 e. The van der Waals surface area contributed by atoms with Gasteiger partial charge in [0.05, 0.1) is 35.6 Å². The summed E-state index contributed by atoms with van der Waals surface area (Å²) in [4.78, 5) is 97.6. The van der Waals surface area contributed by atoms with Crippen molar-refractivity contribution in [3.63, 3.8) is 0 Å². The van der Waals surface area contributed by atoms with Crippen molar-refractivity contribution in [2.45, 2.75) is 108 Å². The number of Topliss-reactive ketones (excluding diaryl/α,β-unsaturated/α-hetero) is 1. The lowest BCUT2D eigenvalue weighted by Crippen LogP contribution is -2.82. The van der Waals surface area contributed by atoms with Crippen LogP contribution in [0.2, 0.25) is 0 Å². The molecule has 70 heavy (non-hydrogen) atoms. The van der Waals surface area contributed by atoms with E-state index >= 15 is 4.79 Å². The van der Waals surface area contributed by atoms with E-state index in [0.29, 0.717) is 5.56 Å². The van der Waals surface area contributed by atoms with Crippen molar-refractivity contribution in [3.8, 4) is 0 Å². The molecule has 1 unspecified atom stereocenters. The van der Waals surface area contributed by atoms with E-state index in [4.69, 9.17) is 23.7 Å². The number of nitrogens with zero attached hydrogens (tertiary/aromatic N) is 2. The normalized spacial score (nSPS) is 30.6. The van der Waals surface area contributed by atoms with Gasteiger partial charge in [0.1, 0.15) is 23.9 Å². The predicted octanol–water partition coefficient (Wildman–Crippen LogP) is 3.72. The third-order valence-electron chi connectivity index (χ3n) is 14.9. The van der Waals surface area contributed by atoms with Gasteiger partial charge in [-0.2, -0.15) is 0 Å². The van der Waals surface area contributed by atoms with Crippen LogP contribution in [0.3, 0.4) is 0 Å². The molecule has 3 aromatic carbocycles. The minimum atomic E-state index is -2.39. The average Bonchev–Trinajstić information content (AvgIpc) is 3.62. The van der Waals surface area contributed by atoms with Gasteiger partial charge >= 0.3 is 29.9 Å². The molecule has 2 aliphatic heterocycles. The highest BCUT2D eigenvalue weighted by Gasteiger charge is 2.78. The highest BCUT2D eigenvalue weighted by atomic mass is 16.6. The maximum Gasteiger partial charge on any atom is 0.338 e. The molecule has 3 aromatic rings. The van der Waals surface area contributed by atoms with Crippen molar-refractivity contribution < 1.29 is 72.6 Å². The van der Waals surface area contributed by atoms with Crippen LogP contribution in [0.5, 0.6) is 0 Å². The SMILES string of the molecule is CC(=O)O[C@H]1C(=O)[C@@]2(C)C([C@H](OC(=O)c3ccccc3)[C@]3(O)C[C@H](OC(=O)[C@H](O)[C@@H](NC(=O)c4ccccc4)c4ccccc4)C(C)=C1C3(C)C)[C@]1(OC(C)=O)CO[C@@H]1C[C@@H]2O.CN1CCN(C)C1=O. The number of nitrogens with one attached hydrogen (secondary N) is 1. The summed E-state index contributed by atoms with van der Waals surface area (Å²) in [6, 6.07) is 23.1. The molecular formula is C52H61N3O15. The van der Waals surface area contributed by atoms with Gasteiger partial charge < -0.3 is 54.1 Å². The van der Waals surface area contributed by atoms with Crippen LogP contribution in [0.25, 0.3) is 0 Å². The first kappa shape index (κ1) is 51.4. The first-order chi connectivity index (χ1) is 33.0. The van der Waals surface area contributed by atoms with Gasteiger partial charge in [0.25, 0.3) is 5.91 Å². The molecule has 18 heteroatoms. The molecule has 0 aromatic heterocycles. The summed E-state index contributed by atoms with van der Waals surface area (Å²) in [7, 11) is 3.62. The van der Waals surface area contributed by atoms with Crippen molar-refractivity contribution in [1.82, 2.24) is 15.1 Å². The highest BCUT2D eigenvalue weighted by molar-refractivity contribution is 5.96. The second kappa shape index (κ2) is 19.7. The summed E-state index contributed by atoms with van der Waals surface area (Å²) < 4.78 is 30.3. The zero-order chi connectivity index (χ0) is 51.1. The number of urea groups is 1. The third-order valence-corrected chi connectivity index (χ3v) is 14.9. The largest absolute Gasteiger partial charge is 0.456 e. The van der Waals surface area contributed by atoms with E-state index in [0.717, 1.165) is 26.9 Å². The summed E-state index contributed by atoms with van der Waals surface area (Å²) >= 11 is 0. The quantitative estimate of drug-likeness (QED) is 0.129. The highest BCUT2D eigenvalue weighted by Crippen LogP contribution is 2.64. The van der Waals surface area contributed by atoms with Gasteiger partial charge in [-0.05, 0) is 54.8 Å². The number of amides is 3. The second-order valence-electron chi connectivity index (χ2n) is 19.5. The summed E-state index contributed by atoms with van der Waals surface area (Å²) in [5, 5.41) is 40.2. The summed E-state index contributed by atoms with van der Waals surface area (Å²) in [6.45, 7) is 9.72. The monoisotopic (exact) mass is 967 g/mol. The number of ether oxygens (including phenoxy) is 5. The van der Waals surface area contributed by atoms with E-state index in [1.165, 1.54) is 26.0 Å². The minimum Gasteiger partial charge on any atom is -0.456 e. The number of benzene rings is 3. The lowest BCUT2D eigenvalue weighted by molar-refractivity contribution is -0.346. The van der Waals surface area contributed by atoms with Crippen LogP contribution in [-0.2, 0) is 42.9 Å². The molecule has 18 nitrogen and oxygen atoms in total. The maximum absolute atomic E-state index is 15.5. The van der Waals surface area contributed by atoms with Gasteiger partial charge in [-0.1, -0.05) is 80.6 Å². The minimum absolute atomic E-state index is 0.00289. The van der Waals surface area contributed by atoms with Crippen molar-refractivity contribution in [1.29, 1.82) is 0 Å². The molecule has 11 atom stereocenters. The van der Waals surface area contributed by atoms with Crippen LogP contribution < -0.4 is 5.32 Å². The second-order valence-corrected chi connectivity index (χ2v) is 19.5. The van der Waals surface area contributed by atoms with E-state index in [9.17, 15) is 44.1 Å². The Morgan fingerprint density at radius 3 is 1.86 bits per heavy atom. The number of hydrogen-bond donors (Lipinski definition) is 4. The first-order valence-corrected chi connectivity index (χ1v) is 23.2. The molecule has 2 heterocycles. The van der Waals surface area contributed by atoms with Gasteiger partial charge in [0.2, 0.25) is 0 Å². The zero-order valence-electron chi connectivity index (χ0n) is 40.4. The molecule has 4 N–H and O–H groups in total. The molecule has 8 rings (SSSR count).